The number of esters is 1. The van der Waals surface area contributed by atoms with E-state index in [9.17, 15) is 19.8 Å². The van der Waals surface area contributed by atoms with Gasteiger partial charge in [0.15, 0.2) is 0 Å². The Balaban J connectivity index is 1.40. The summed E-state index contributed by atoms with van der Waals surface area (Å²) in [5, 5.41) is 20.0. The van der Waals surface area contributed by atoms with Crippen molar-refractivity contribution < 1.29 is 38.7 Å². The van der Waals surface area contributed by atoms with Crippen molar-refractivity contribution in [2.45, 2.75) is 83.0 Å². The van der Waals surface area contributed by atoms with Crippen LogP contribution >= 0.6 is 0 Å². The number of benzene rings is 1. The molecule has 37 heavy (non-hydrogen) atoms. The van der Waals surface area contributed by atoms with Gasteiger partial charge in [-0.1, -0.05) is 37.3 Å². The van der Waals surface area contributed by atoms with Crippen LogP contribution in [0, 0.1) is 17.8 Å². The first kappa shape index (κ1) is 30.8. The van der Waals surface area contributed by atoms with Crippen LogP contribution in [0.15, 0.2) is 24.3 Å². The third kappa shape index (κ3) is 13.1. The number of rotatable bonds is 18. The molecule has 0 spiro atoms. The molecule has 2 rings (SSSR count). The topological polar surface area (TPSA) is 112 Å². The van der Waals surface area contributed by atoms with Gasteiger partial charge in [0.2, 0.25) is 0 Å². The number of methoxy groups -OCH3 is 1. The van der Waals surface area contributed by atoms with Crippen LogP contribution in [-0.2, 0) is 23.8 Å². The standard InChI is InChI=1S/C29H42O8/c1-22(30)18-24-19-27(37-29(24)33)11-9-7-5-3-4-6-8-10-25(31)20-35-16-17-36-21-28(32)23-12-14-26(34-2)15-13-23/h12-15,24-25,27-28,31-32H,3-7,9,11,16-21H2,1-2H3/t24?,25-,27+,28-/m0/s1. The number of aliphatic hydroxyl groups excluding tert-OH is 2. The largest absolute Gasteiger partial charge is 0.497 e. The monoisotopic (exact) mass is 518 g/mol. The quantitative estimate of drug-likeness (QED) is 0.172. The number of ketones is 1. The second kappa shape index (κ2) is 17.9. The zero-order chi connectivity index (χ0) is 26.9. The molecular weight excluding hydrogens is 476 g/mol. The summed E-state index contributed by atoms with van der Waals surface area (Å²) in [5.41, 5.74) is 0.754. The Morgan fingerprint density at radius 3 is 2.43 bits per heavy atom. The highest BCUT2D eigenvalue weighted by Crippen LogP contribution is 2.27. The molecule has 0 aromatic heterocycles. The van der Waals surface area contributed by atoms with E-state index in [4.69, 9.17) is 18.9 Å². The third-order valence-corrected chi connectivity index (χ3v) is 6.22. The van der Waals surface area contributed by atoms with E-state index in [1.54, 1.807) is 31.4 Å². The van der Waals surface area contributed by atoms with Crippen LogP contribution < -0.4 is 4.74 Å². The normalized spacial score (nSPS) is 18.5. The highest BCUT2D eigenvalue weighted by molar-refractivity contribution is 5.83. The predicted molar refractivity (Wildman–Crippen MR) is 139 cm³/mol. The van der Waals surface area contributed by atoms with Crippen molar-refractivity contribution in [3.8, 4) is 17.6 Å². The molecule has 1 aromatic rings. The maximum Gasteiger partial charge on any atom is 0.309 e. The van der Waals surface area contributed by atoms with Gasteiger partial charge in [-0.3, -0.25) is 4.79 Å². The summed E-state index contributed by atoms with van der Waals surface area (Å²) >= 11 is 0. The van der Waals surface area contributed by atoms with E-state index in [1.165, 1.54) is 6.92 Å². The fourth-order valence-corrected chi connectivity index (χ4v) is 4.19. The molecule has 1 aliphatic heterocycles. The number of unbranched alkanes of at least 4 members (excludes halogenated alkanes) is 5. The minimum Gasteiger partial charge on any atom is -0.497 e. The van der Waals surface area contributed by atoms with Gasteiger partial charge in [-0.05, 0) is 50.3 Å². The summed E-state index contributed by atoms with van der Waals surface area (Å²) in [6, 6.07) is 7.17. The number of carbonyl (C=O) groups excluding carboxylic acids is 2. The summed E-state index contributed by atoms with van der Waals surface area (Å²) < 4.78 is 21.3. The summed E-state index contributed by atoms with van der Waals surface area (Å²) in [6.07, 6.45) is 6.20. The molecule has 8 nitrogen and oxygen atoms in total. The average Bonchev–Trinajstić information content (AvgIpc) is 3.22. The Morgan fingerprint density at radius 1 is 1.05 bits per heavy atom. The number of cyclic esters (lactones) is 1. The summed E-state index contributed by atoms with van der Waals surface area (Å²) in [7, 11) is 1.59. The number of aliphatic hydroxyl groups is 2. The Kier molecular flexibility index (Phi) is 14.9. The van der Waals surface area contributed by atoms with Gasteiger partial charge < -0.3 is 34.0 Å². The van der Waals surface area contributed by atoms with Gasteiger partial charge >= 0.3 is 5.97 Å². The molecule has 1 saturated heterocycles. The van der Waals surface area contributed by atoms with Crippen molar-refractivity contribution >= 4 is 11.8 Å². The molecule has 0 aliphatic carbocycles. The van der Waals surface area contributed by atoms with Crippen molar-refractivity contribution in [3.05, 3.63) is 29.8 Å². The lowest BCUT2D eigenvalue weighted by Gasteiger charge is -2.12. The number of ether oxygens (including phenoxy) is 4. The van der Waals surface area contributed by atoms with Crippen LogP contribution in [0.25, 0.3) is 0 Å². The molecule has 1 aromatic carbocycles. The third-order valence-electron chi connectivity index (χ3n) is 6.22. The second-order valence-electron chi connectivity index (χ2n) is 9.48. The van der Waals surface area contributed by atoms with E-state index in [2.05, 4.69) is 11.8 Å². The zero-order valence-corrected chi connectivity index (χ0v) is 22.2. The van der Waals surface area contributed by atoms with E-state index in [0.29, 0.717) is 26.1 Å². The molecule has 1 unspecified atom stereocenters. The van der Waals surface area contributed by atoms with Crippen molar-refractivity contribution in [1.82, 2.24) is 0 Å². The number of hydrogen-bond acceptors (Lipinski definition) is 8. The Morgan fingerprint density at radius 2 is 1.73 bits per heavy atom. The molecule has 4 atom stereocenters. The van der Waals surface area contributed by atoms with Crippen LogP contribution in [0.2, 0.25) is 0 Å². The molecule has 206 valence electrons. The maximum atomic E-state index is 11.8. The Labute approximate surface area is 220 Å². The van der Waals surface area contributed by atoms with E-state index in [1.807, 2.05) is 0 Å². The molecule has 1 heterocycles. The molecule has 0 amide bonds. The van der Waals surface area contributed by atoms with E-state index in [0.717, 1.165) is 56.3 Å². The van der Waals surface area contributed by atoms with Gasteiger partial charge in [0, 0.05) is 12.8 Å². The molecule has 1 fully saturated rings. The van der Waals surface area contributed by atoms with Gasteiger partial charge in [-0.25, -0.2) is 0 Å². The lowest BCUT2D eigenvalue weighted by molar-refractivity contribution is -0.145. The highest BCUT2D eigenvalue weighted by Gasteiger charge is 2.34. The smallest absolute Gasteiger partial charge is 0.309 e. The van der Waals surface area contributed by atoms with Crippen molar-refractivity contribution in [1.29, 1.82) is 0 Å². The van der Waals surface area contributed by atoms with Gasteiger partial charge in [-0.2, -0.15) is 0 Å². The van der Waals surface area contributed by atoms with E-state index < -0.39 is 12.2 Å². The Hall–Kier alpha value is -2.44. The van der Waals surface area contributed by atoms with Crippen LogP contribution in [0.1, 0.15) is 76.4 Å². The van der Waals surface area contributed by atoms with E-state index in [-0.39, 0.29) is 37.0 Å². The summed E-state index contributed by atoms with van der Waals surface area (Å²) in [6.45, 7) is 2.42. The lowest BCUT2D eigenvalue weighted by atomic mass is 9.97. The fourth-order valence-electron chi connectivity index (χ4n) is 4.19. The number of Topliss-reactive ketones (excluding diaryl/α,β-unsaturated/α-hetero) is 1. The maximum absolute atomic E-state index is 11.8. The minimum atomic E-state index is -0.828. The lowest BCUT2D eigenvalue weighted by Crippen LogP contribution is -2.16. The van der Waals surface area contributed by atoms with E-state index >= 15 is 0 Å². The van der Waals surface area contributed by atoms with Gasteiger partial charge in [0.05, 0.1) is 39.5 Å². The fraction of sp³-hybridized carbons (Fsp3) is 0.655. The van der Waals surface area contributed by atoms with Crippen molar-refractivity contribution in [2.24, 2.45) is 5.92 Å². The van der Waals surface area contributed by atoms with Gasteiger partial charge in [-0.15, -0.1) is 5.92 Å². The molecule has 0 saturated carbocycles. The molecule has 0 radical (unpaired) electrons. The van der Waals surface area contributed by atoms with Crippen molar-refractivity contribution in [3.63, 3.8) is 0 Å². The van der Waals surface area contributed by atoms with Crippen LogP contribution in [0.5, 0.6) is 5.75 Å². The first-order valence-corrected chi connectivity index (χ1v) is 13.2. The summed E-state index contributed by atoms with van der Waals surface area (Å²) in [4.78, 5) is 23.0. The highest BCUT2D eigenvalue weighted by atomic mass is 16.6. The zero-order valence-electron chi connectivity index (χ0n) is 22.2. The van der Waals surface area contributed by atoms with Crippen LogP contribution in [0.3, 0.4) is 0 Å². The number of carbonyl (C=O) groups is 2. The molecule has 1 aliphatic rings. The predicted octanol–water partition coefficient (Wildman–Crippen LogP) is 3.77. The Bertz CT molecular complexity index is 857. The molecule has 2 N–H and O–H groups in total. The van der Waals surface area contributed by atoms with Gasteiger partial charge in [0.25, 0.3) is 0 Å². The molecule has 8 heteroatoms. The first-order chi connectivity index (χ1) is 17.9. The van der Waals surface area contributed by atoms with Crippen LogP contribution in [0.4, 0.5) is 0 Å². The van der Waals surface area contributed by atoms with Crippen LogP contribution in [-0.4, -0.2) is 67.7 Å². The molecular formula is C29H42O8. The molecule has 0 bridgehead atoms. The first-order valence-electron chi connectivity index (χ1n) is 13.2. The number of hydrogen-bond donors (Lipinski definition) is 2. The SMILES string of the molecule is COc1ccc([C@@H](O)COCCOC[C@@H](O)C#CCCCCCCC[C@@H]2CC(CC(C)=O)C(=O)O2)cc1. The average molecular weight is 519 g/mol. The minimum absolute atomic E-state index is 0.0365. The second-order valence-corrected chi connectivity index (χ2v) is 9.48. The van der Waals surface area contributed by atoms with Crippen molar-refractivity contribution in [2.75, 3.05) is 33.5 Å². The van der Waals surface area contributed by atoms with Gasteiger partial charge in [0.1, 0.15) is 29.8 Å². The summed E-state index contributed by atoms with van der Waals surface area (Å²) in [5.74, 6) is 6.10.